The fourth-order valence-electron chi connectivity index (χ4n) is 1.74. The minimum atomic E-state index is 0.520. The molecule has 1 aliphatic rings. The van der Waals surface area contributed by atoms with Crippen molar-refractivity contribution < 1.29 is 4.42 Å². The van der Waals surface area contributed by atoms with Gasteiger partial charge in [-0.1, -0.05) is 6.42 Å². The molecule has 0 atom stereocenters. The molecule has 4 heteroatoms. The summed E-state index contributed by atoms with van der Waals surface area (Å²) in [6.45, 7) is 2.07. The molecule has 0 bridgehead atoms. The first kappa shape index (κ1) is 9.09. The van der Waals surface area contributed by atoms with Gasteiger partial charge in [0.05, 0.1) is 4.88 Å². The van der Waals surface area contributed by atoms with Gasteiger partial charge < -0.3 is 4.42 Å². The van der Waals surface area contributed by atoms with E-state index in [4.69, 9.17) is 4.42 Å². The fourth-order valence-corrected chi connectivity index (χ4v) is 2.58. The molecule has 3 rings (SSSR count). The Bertz CT molecular complexity index is 470. The van der Waals surface area contributed by atoms with Crippen LogP contribution in [0.15, 0.2) is 15.9 Å². The molecule has 3 nitrogen and oxygen atoms in total. The van der Waals surface area contributed by atoms with Crippen LogP contribution in [0.2, 0.25) is 0 Å². The summed E-state index contributed by atoms with van der Waals surface area (Å²) < 4.78 is 5.70. The molecule has 2 heterocycles. The van der Waals surface area contributed by atoms with E-state index in [9.17, 15) is 0 Å². The van der Waals surface area contributed by atoms with Gasteiger partial charge >= 0.3 is 0 Å². The van der Waals surface area contributed by atoms with Crippen molar-refractivity contribution in [2.24, 2.45) is 0 Å². The summed E-state index contributed by atoms with van der Waals surface area (Å²) in [6.07, 6.45) is 3.69. The van der Waals surface area contributed by atoms with Crippen molar-refractivity contribution in [3.63, 3.8) is 0 Å². The van der Waals surface area contributed by atoms with Crippen molar-refractivity contribution in [1.29, 1.82) is 0 Å². The highest BCUT2D eigenvalue weighted by Crippen LogP contribution is 2.37. The number of hydrogen-bond donors (Lipinski definition) is 0. The van der Waals surface area contributed by atoms with Gasteiger partial charge in [0.25, 0.3) is 5.89 Å². The first-order chi connectivity index (χ1) is 7.34. The van der Waals surface area contributed by atoms with Gasteiger partial charge in [-0.15, -0.1) is 21.5 Å². The van der Waals surface area contributed by atoms with Crippen molar-refractivity contribution in [3.05, 3.63) is 22.9 Å². The number of hydrogen-bond acceptors (Lipinski definition) is 4. The number of nitrogens with zero attached hydrogens (tertiary/aromatic N) is 2. The van der Waals surface area contributed by atoms with Crippen molar-refractivity contribution in [2.75, 3.05) is 0 Å². The zero-order valence-electron chi connectivity index (χ0n) is 8.56. The van der Waals surface area contributed by atoms with E-state index >= 15 is 0 Å². The molecule has 0 N–H and O–H groups in total. The van der Waals surface area contributed by atoms with Crippen molar-refractivity contribution in [2.45, 2.75) is 32.1 Å². The summed E-state index contributed by atoms with van der Waals surface area (Å²) in [5, 5.41) is 10.3. The lowest BCUT2D eigenvalue weighted by Crippen LogP contribution is -2.08. The molecule has 15 heavy (non-hydrogen) atoms. The van der Waals surface area contributed by atoms with Crippen LogP contribution >= 0.6 is 11.3 Å². The predicted molar refractivity (Wildman–Crippen MR) is 58.9 cm³/mol. The van der Waals surface area contributed by atoms with Crippen LogP contribution in [0.1, 0.15) is 36.6 Å². The van der Waals surface area contributed by atoms with Crippen LogP contribution in [0.3, 0.4) is 0 Å². The van der Waals surface area contributed by atoms with E-state index < -0.39 is 0 Å². The van der Waals surface area contributed by atoms with Crippen LogP contribution < -0.4 is 0 Å². The van der Waals surface area contributed by atoms with Gasteiger partial charge in [0.2, 0.25) is 5.89 Å². The van der Waals surface area contributed by atoms with E-state index in [-0.39, 0.29) is 0 Å². The lowest BCUT2D eigenvalue weighted by Gasteiger charge is -2.20. The van der Waals surface area contributed by atoms with E-state index in [1.54, 1.807) is 11.3 Å². The lowest BCUT2D eigenvalue weighted by molar-refractivity contribution is 0.338. The van der Waals surface area contributed by atoms with Crippen LogP contribution in [-0.2, 0) is 0 Å². The van der Waals surface area contributed by atoms with Crippen molar-refractivity contribution >= 4 is 11.3 Å². The molecule has 0 aromatic carbocycles. The third-order valence-electron chi connectivity index (χ3n) is 2.95. The minimum Gasteiger partial charge on any atom is -0.420 e. The fraction of sp³-hybridized carbons (Fsp3) is 0.455. The highest BCUT2D eigenvalue weighted by atomic mass is 32.1. The monoisotopic (exact) mass is 220 g/mol. The van der Waals surface area contributed by atoms with E-state index in [2.05, 4.69) is 28.6 Å². The lowest BCUT2D eigenvalue weighted by atomic mass is 9.85. The molecule has 0 spiro atoms. The molecule has 1 saturated carbocycles. The average molecular weight is 220 g/mol. The Morgan fingerprint density at radius 3 is 2.87 bits per heavy atom. The first-order valence-corrected chi connectivity index (χ1v) is 6.10. The molecule has 1 fully saturated rings. The maximum Gasteiger partial charge on any atom is 0.258 e. The molecule has 0 radical (unpaired) electrons. The molecule has 0 unspecified atom stereocenters. The number of rotatable bonds is 2. The smallest absolute Gasteiger partial charge is 0.258 e. The van der Waals surface area contributed by atoms with Crippen LogP contribution in [0, 0.1) is 6.92 Å². The van der Waals surface area contributed by atoms with Crippen molar-refractivity contribution in [3.8, 4) is 10.8 Å². The quantitative estimate of drug-likeness (QED) is 0.778. The summed E-state index contributed by atoms with van der Waals surface area (Å²) in [5.74, 6) is 2.03. The van der Waals surface area contributed by atoms with Gasteiger partial charge in [0.15, 0.2) is 0 Å². The Labute approximate surface area is 92.1 Å². The molecular weight excluding hydrogens is 208 g/mol. The maximum absolute atomic E-state index is 5.70. The zero-order valence-corrected chi connectivity index (χ0v) is 9.38. The van der Waals surface area contributed by atoms with Gasteiger partial charge in [-0.05, 0) is 36.8 Å². The Kier molecular flexibility index (Phi) is 2.09. The largest absolute Gasteiger partial charge is 0.420 e. The van der Waals surface area contributed by atoms with Gasteiger partial charge in [-0.3, -0.25) is 0 Å². The maximum atomic E-state index is 5.70. The summed E-state index contributed by atoms with van der Waals surface area (Å²) in [5.41, 5.74) is 1.21. The van der Waals surface area contributed by atoms with E-state index in [0.29, 0.717) is 11.8 Å². The van der Waals surface area contributed by atoms with E-state index in [1.807, 2.05) is 0 Å². The number of thiophene rings is 1. The zero-order chi connectivity index (χ0) is 10.3. The summed E-state index contributed by atoms with van der Waals surface area (Å²) in [7, 11) is 0. The predicted octanol–water partition coefficient (Wildman–Crippen LogP) is 3.37. The molecule has 2 aromatic heterocycles. The SMILES string of the molecule is Cc1ccsc1-c1nnc(C2CCC2)o1. The summed E-state index contributed by atoms with van der Waals surface area (Å²) >= 11 is 1.66. The minimum absolute atomic E-state index is 0.520. The second kappa shape index (κ2) is 3.45. The number of aromatic nitrogens is 2. The highest BCUT2D eigenvalue weighted by Gasteiger charge is 2.25. The van der Waals surface area contributed by atoms with Crippen LogP contribution in [0.25, 0.3) is 10.8 Å². The Morgan fingerprint density at radius 1 is 1.40 bits per heavy atom. The van der Waals surface area contributed by atoms with Gasteiger partial charge in [0.1, 0.15) is 0 Å². The third-order valence-corrected chi connectivity index (χ3v) is 3.96. The summed E-state index contributed by atoms with van der Waals surface area (Å²) in [6, 6.07) is 2.08. The van der Waals surface area contributed by atoms with Gasteiger partial charge in [-0.25, -0.2) is 0 Å². The summed E-state index contributed by atoms with van der Waals surface area (Å²) in [4.78, 5) is 1.10. The standard InChI is InChI=1S/C11H12N2OS/c1-7-5-6-15-9(7)11-13-12-10(14-11)8-3-2-4-8/h5-6,8H,2-4H2,1H3. The molecule has 1 aliphatic carbocycles. The van der Waals surface area contributed by atoms with Gasteiger partial charge in [0, 0.05) is 5.92 Å². The normalized spacial score (nSPS) is 16.6. The van der Waals surface area contributed by atoms with Crippen LogP contribution in [-0.4, -0.2) is 10.2 Å². The van der Waals surface area contributed by atoms with Crippen molar-refractivity contribution in [1.82, 2.24) is 10.2 Å². The van der Waals surface area contributed by atoms with Gasteiger partial charge in [-0.2, -0.15) is 0 Å². The second-order valence-corrected chi connectivity index (χ2v) is 4.92. The molecule has 2 aromatic rings. The highest BCUT2D eigenvalue weighted by molar-refractivity contribution is 7.13. The van der Waals surface area contributed by atoms with E-state index in [0.717, 1.165) is 10.8 Å². The molecule has 0 aliphatic heterocycles. The first-order valence-electron chi connectivity index (χ1n) is 5.22. The Morgan fingerprint density at radius 2 is 2.27 bits per heavy atom. The van der Waals surface area contributed by atoms with Crippen LogP contribution in [0.5, 0.6) is 0 Å². The average Bonchev–Trinajstić information content (AvgIpc) is 2.70. The topological polar surface area (TPSA) is 38.9 Å². The Hall–Kier alpha value is -1.16. The molecule has 78 valence electrons. The molecule has 0 saturated heterocycles. The van der Waals surface area contributed by atoms with E-state index in [1.165, 1.54) is 24.8 Å². The molecular formula is C11H12N2OS. The molecule has 0 amide bonds. The third kappa shape index (κ3) is 1.49. The Balaban J connectivity index is 1.93. The number of aryl methyl sites for hydroxylation is 1. The second-order valence-electron chi connectivity index (χ2n) is 4.01. The van der Waals surface area contributed by atoms with Crippen LogP contribution in [0.4, 0.5) is 0 Å².